The third-order valence-electron chi connectivity index (χ3n) is 2.48. The third-order valence-corrected chi connectivity index (χ3v) is 4.42. The van der Waals surface area contributed by atoms with Gasteiger partial charge in [0, 0.05) is 10.7 Å². The van der Waals surface area contributed by atoms with Crippen molar-refractivity contribution in [1.82, 2.24) is 0 Å². The minimum atomic E-state index is -3.72. The molecule has 0 N–H and O–H groups in total. The predicted molar refractivity (Wildman–Crippen MR) is 51.2 cm³/mol. The monoisotopic (exact) mass is 228 g/mol. The first-order chi connectivity index (χ1) is 6.02. The molecule has 13 heavy (non-hydrogen) atoms. The molecule has 1 saturated carbocycles. The zero-order valence-electron chi connectivity index (χ0n) is 7.38. The molecule has 1 aliphatic carbocycles. The summed E-state index contributed by atoms with van der Waals surface area (Å²) < 4.78 is 35.3. The van der Waals surface area contributed by atoms with Gasteiger partial charge in [0.25, 0.3) is 0 Å². The van der Waals surface area contributed by atoms with Gasteiger partial charge in [0.15, 0.2) is 0 Å². The van der Waals surface area contributed by atoms with E-state index in [2.05, 4.69) is 0 Å². The van der Waals surface area contributed by atoms with Gasteiger partial charge in [0.1, 0.15) is 11.4 Å². The van der Waals surface area contributed by atoms with E-state index in [-0.39, 0.29) is 0 Å². The molecule has 0 bridgehead atoms. The molecule has 0 amide bonds. The fourth-order valence-electron chi connectivity index (χ4n) is 1.72. The van der Waals surface area contributed by atoms with Crippen molar-refractivity contribution in [3.05, 3.63) is 0 Å². The highest BCUT2D eigenvalue weighted by Gasteiger charge is 2.32. The SMILES string of the molecule is O=S(=O)(Cl)[C@H]1CCCCCC[C@H]1F. The normalized spacial score (nSPS) is 32.2. The highest BCUT2D eigenvalue weighted by atomic mass is 35.7. The second-order valence-electron chi connectivity index (χ2n) is 3.52. The maximum Gasteiger partial charge on any atom is 0.238 e. The third kappa shape index (κ3) is 3.43. The van der Waals surface area contributed by atoms with Gasteiger partial charge in [-0.25, -0.2) is 12.8 Å². The Balaban J connectivity index is 2.67. The minimum Gasteiger partial charge on any atom is -0.246 e. The largest absolute Gasteiger partial charge is 0.246 e. The van der Waals surface area contributed by atoms with Crippen LogP contribution in [0.25, 0.3) is 0 Å². The molecule has 2 nitrogen and oxygen atoms in total. The summed E-state index contributed by atoms with van der Waals surface area (Å²) in [6.45, 7) is 0. The lowest BCUT2D eigenvalue weighted by Gasteiger charge is -2.20. The molecule has 0 aliphatic heterocycles. The second kappa shape index (κ2) is 4.60. The summed E-state index contributed by atoms with van der Waals surface area (Å²) in [4.78, 5) is 0. The molecule has 1 rings (SSSR count). The van der Waals surface area contributed by atoms with Crippen molar-refractivity contribution >= 4 is 19.7 Å². The van der Waals surface area contributed by atoms with Gasteiger partial charge >= 0.3 is 0 Å². The Bertz CT molecular complexity index is 253. The molecule has 0 unspecified atom stereocenters. The zero-order valence-corrected chi connectivity index (χ0v) is 8.95. The van der Waals surface area contributed by atoms with Gasteiger partial charge in [-0.1, -0.05) is 25.7 Å². The zero-order chi connectivity index (χ0) is 9.90. The Morgan fingerprint density at radius 1 is 1.08 bits per heavy atom. The van der Waals surface area contributed by atoms with Crippen molar-refractivity contribution in [2.75, 3.05) is 0 Å². The molecule has 0 heterocycles. The van der Waals surface area contributed by atoms with Crippen LogP contribution in [-0.4, -0.2) is 19.8 Å². The number of hydrogen-bond donors (Lipinski definition) is 0. The molecule has 0 aromatic carbocycles. The highest BCUT2D eigenvalue weighted by molar-refractivity contribution is 8.14. The summed E-state index contributed by atoms with van der Waals surface area (Å²) in [5, 5.41) is -0.977. The Labute approximate surface area is 82.9 Å². The lowest BCUT2D eigenvalue weighted by molar-refractivity contribution is 0.270. The summed E-state index contributed by atoms with van der Waals surface area (Å²) in [6.07, 6.45) is 2.93. The van der Waals surface area contributed by atoms with E-state index < -0.39 is 20.5 Å². The van der Waals surface area contributed by atoms with E-state index in [1.807, 2.05) is 0 Å². The second-order valence-corrected chi connectivity index (χ2v) is 6.37. The van der Waals surface area contributed by atoms with Crippen LogP contribution in [0.1, 0.15) is 38.5 Å². The summed E-state index contributed by atoms with van der Waals surface area (Å²) in [5.74, 6) is 0. The van der Waals surface area contributed by atoms with Crippen molar-refractivity contribution < 1.29 is 12.8 Å². The molecule has 1 aliphatic rings. The fraction of sp³-hybridized carbons (Fsp3) is 1.00. The molecule has 0 aromatic rings. The summed E-state index contributed by atoms with van der Waals surface area (Å²) >= 11 is 0. The molecule has 0 radical (unpaired) electrons. The molecule has 0 saturated heterocycles. The van der Waals surface area contributed by atoms with Gasteiger partial charge in [-0.3, -0.25) is 0 Å². The van der Waals surface area contributed by atoms with E-state index in [9.17, 15) is 12.8 Å². The van der Waals surface area contributed by atoms with E-state index in [0.29, 0.717) is 12.8 Å². The van der Waals surface area contributed by atoms with E-state index in [1.54, 1.807) is 0 Å². The Morgan fingerprint density at radius 2 is 1.62 bits per heavy atom. The van der Waals surface area contributed by atoms with E-state index in [4.69, 9.17) is 10.7 Å². The summed E-state index contributed by atoms with van der Waals surface area (Å²) in [5.41, 5.74) is 0. The molecule has 0 aromatic heterocycles. The van der Waals surface area contributed by atoms with Crippen molar-refractivity contribution in [2.45, 2.75) is 49.9 Å². The summed E-state index contributed by atoms with van der Waals surface area (Å²) in [6, 6.07) is 0. The predicted octanol–water partition coefficient (Wildman–Crippen LogP) is 2.62. The van der Waals surface area contributed by atoms with Crippen LogP contribution in [-0.2, 0) is 9.05 Å². The molecule has 2 atom stereocenters. The van der Waals surface area contributed by atoms with Crippen molar-refractivity contribution in [2.24, 2.45) is 0 Å². The van der Waals surface area contributed by atoms with Crippen LogP contribution in [0.4, 0.5) is 4.39 Å². The fourth-order valence-corrected chi connectivity index (χ4v) is 3.26. The molecular weight excluding hydrogens is 215 g/mol. The Kier molecular flexibility index (Phi) is 3.98. The Morgan fingerprint density at radius 3 is 2.15 bits per heavy atom. The van der Waals surface area contributed by atoms with Crippen LogP contribution in [0.3, 0.4) is 0 Å². The van der Waals surface area contributed by atoms with Crippen LogP contribution < -0.4 is 0 Å². The lowest BCUT2D eigenvalue weighted by atomic mass is 9.99. The van der Waals surface area contributed by atoms with Gasteiger partial charge in [0.2, 0.25) is 9.05 Å². The van der Waals surface area contributed by atoms with Crippen LogP contribution in [0.15, 0.2) is 0 Å². The van der Waals surface area contributed by atoms with Gasteiger partial charge < -0.3 is 0 Å². The first kappa shape index (κ1) is 11.2. The number of hydrogen-bond acceptors (Lipinski definition) is 2. The van der Waals surface area contributed by atoms with E-state index in [1.165, 1.54) is 0 Å². The average molecular weight is 229 g/mol. The maximum absolute atomic E-state index is 13.3. The first-order valence-corrected chi connectivity index (χ1v) is 6.96. The topological polar surface area (TPSA) is 34.1 Å². The molecule has 0 spiro atoms. The van der Waals surface area contributed by atoms with Gasteiger partial charge in [-0.15, -0.1) is 0 Å². The Hall–Kier alpha value is 0.170. The molecule has 1 fully saturated rings. The first-order valence-electron chi connectivity index (χ1n) is 4.59. The van der Waals surface area contributed by atoms with E-state index in [0.717, 1.165) is 25.7 Å². The highest BCUT2D eigenvalue weighted by Crippen LogP contribution is 2.26. The van der Waals surface area contributed by atoms with Crippen LogP contribution >= 0.6 is 10.7 Å². The van der Waals surface area contributed by atoms with Crippen LogP contribution in [0.5, 0.6) is 0 Å². The van der Waals surface area contributed by atoms with Gasteiger partial charge in [-0.2, -0.15) is 0 Å². The van der Waals surface area contributed by atoms with Crippen molar-refractivity contribution in [3.8, 4) is 0 Å². The maximum atomic E-state index is 13.3. The standard InChI is InChI=1S/C8H14ClFO2S/c9-13(11,12)8-6-4-2-1-3-5-7(8)10/h7-8H,1-6H2/t7-,8+/m1/s1. The quantitative estimate of drug-likeness (QED) is 0.647. The van der Waals surface area contributed by atoms with Crippen LogP contribution in [0.2, 0.25) is 0 Å². The van der Waals surface area contributed by atoms with Crippen LogP contribution in [0, 0.1) is 0 Å². The molecular formula is C8H14ClFO2S. The van der Waals surface area contributed by atoms with Gasteiger partial charge in [-0.05, 0) is 12.8 Å². The minimum absolute atomic E-state index is 0.330. The summed E-state index contributed by atoms with van der Waals surface area (Å²) in [7, 11) is 1.45. The molecule has 78 valence electrons. The number of halogens is 2. The van der Waals surface area contributed by atoms with Gasteiger partial charge in [0.05, 0.1) is 0 Å². The lowest BCUT2D eigenvalue weighted by Crippen LogP contribution is -2.29. The molecule has 5 heteroatoms. The van der Waals surface area contributed by atoms with Crippen molar-refractivity contribution in [1.29, 1.82) is 0 Å². The average Bonchev–Trinajstić information content (AvgIpc) is 1.94. The number of rotatable bonds is 1. The number of alkyl halides is 1. The van der Waals surface area contributed by atoms with E-state index >= 15 is 0 Å². The smallest absolute Gasteiger partial charge is 0.238 e. The van der Waals surface area contributed by atoms with Crippen molar-refractivity contribution in [3.63, 3.8) is 0 Å².